The number of piperidine rings is 1. The van der Waals surface area contributed by atoms with Gasteiger partial charge in [0.2, 0.25) is 0 Å². The lowest BCUT2D eigenvalue weighted by Gasteiger charge is -2.32. The van der Waals surface area contributed by atoms with Gasteiger partial charge in [-0.1, -0.05) is 11.3 Å². The molecule has 0 saturated carbocycles. The van der Waals surface area contributed by atoms with Gasteiger partial charge in [-0.05, 0) is 76.2 Å². The SMILES string of the molecule is CN(Cc1nn[nH]c1CC1CCNCC1)C1CCCc2cccnc21. The van der Waals surface area contributed by atoms with Crippen molar-refractivity contribution in [2.24, 2.45) is 5.92 Å². The third-order valence-electron chi connectivity index (χ3n) is 5.75. The maximum atomic E-state index is 4.67. The van der Waals surface area contributed by atoms with Crippen LogP contribution < -0.4 is 5.32 Å². The van der Waals surface area contributed by atoms with Crippen LogP contribution in [0.2, 0.25) is 0 Å². The van der Waals surface area contributed by atoms with Gasteiger partial charge in [0.25, 0.3) is 0 Å². The molecule has 2 N–H and O–H groups in total. The fourth-order valence-corrected chi connectivity index (χ4v) is 4.30. The van der Waals surface area contributed by atoms with Gasteiger partial charge in [0, 0.05) is 12.7 Å². The first-order valence-electron chi connectivity index (χ1n) is 9.55. The van der Waals surface area contributed by atoms with E-state index in [1.807, 2.05) is 6.20 Å². The zero-order valence-corrected chi connectivity index (χ0v) is 15.0. The zero-order chi connectivity index (χ0) is 17.1. The molecule has 6 heteroatoms. The first-order valence-corrected chi connectivity index (χ1v) is 9.55. The number of aromatic amines is 1. The molecule has 3 heterocycles. The summed E-state index contributed by atoms with van der Waals surface area (Å²) >= 11 is 0. The zero-order valence-electron chi connectivity index (χ0n) is 15.0. The van der Waals surface area contributed by atoms with Crippen molar-refractivity contribution in [3.63, 3.8) is 0 Å². The number of nitrogens with one attached hydrogen (secondary N) is 2. The summed E-state index contributed by atoms with van der Waals surface area (Å²) in [5.74, 6) is 0.740. The minimum absolute atomic E-state index is 0.383. The van der Waals surface area contributed by atoms with E-state index in [0.717, 1.165) is 44.1 Å². The summed E-state index contributed by atoms with van der Waals surface area (Å²) in [5.41, 5.74) is 4.97. The van der Waals surface area contributed by atoms with Gasteiger partial charge >= 0.3 is 0 Å². The van der Waals surface area contributed by atoms with Gasteiger partial charge in [-0.3, -0.25) is 15.0 Å². The lowest BCUT2D eigenvalue weighted by atomic mass is 9.90. The Morgan fingerprint density at radius 1 is 1.24 bits per heavy atom. The fraction of sp³-hybridized carbons (Fsp3) is 0.632. The molecule has 134 valence electrons. The van der Waals surface area contributed by atoms with E-state index in [1.165, 1.54) is 42.6 Å². The number of hydrogen-bond acceptors (Lipinski definition) is 5. The van der Waals surface area contributed by atoms with Crippen LogP contribution in [0.1, 0.15) is 54.4 Å². The van der Waals surface area contributed by atoms with Crippen LogP contribution in [0.15, 0.2) is 18.3 Å². The van der Waals surface area contributed by atoms with Gasteiger partial charge in [-0.2, -0.15) is 0 Å². The van der Waals surface area contributed by atoms with Crippen LogP contribution in [0.4, 0.5) is 0 Å². The van der Waals surface area contributed by atoms with Gasteiger partial charge < -0.3 is 5.32 Å². The van der Waals surface area contributed by atoms with Crippen molar-refractivity contribution in [2.45, 2.75) is 51.1 Å². The summed E-state index contributed by atoms with van der Waals surface area (Å²) in [6.07, 6.45) is 9.03. The van der Waals surface area contributed by atoms with Crippen LogP contribution in [0.25, 0.3) is 0 Å². The highest BCUT2D eigenvalue weighted by atomic mass is 15.3. The molecule has 2 aromatic heterocycles. The van der Waals surface area contributed by atoms with E-state index < -0.39 is 0 Å². The number of aromatic nitrogens is 4. The fourth-order valence-electron chi connectivity index (χ4n) is 4.30. The molecule has 0 spiro atoms. The molecule has 1 saturated heterocycles. The first-order chi connectivity index (χ1) is 12.3. The van der Waals surface area contributed by atoms with E-state index in [0.29, 0.717) is 6.04 Å². The molecule has 25 heavy (non-hydrogen) atoms. The second-order valence-electron chi connectivity index (χ2n) is 7.51. The number of pyridine rings is 1. The van der Waals surface area contributed by atoms with E-state index >= 15 is 0 Å². The van der Waals surface area contributed by atoms with Crippen molar-refractivity contribution in [1.82, 2.24) is 30.6 Å². The Morgan fingerprint density at radius 3 is 3.00 bits per heavy atom. The number of H-pyrrole nitrogens is 1. The average Bonchev–Trinajstić information content (AvgIpc) is 3.08. The predicted octanol–water partition coefficient (Wildman–Crippen LogP) is 2.25. The summed E-state index contributed by atoms with van der Waals surface area (Å²) < 4.78 is 0. The average molecular weight is 340 g/mol. The second-order valence-corrected chi connectivity index (χ2v) is 7.51. The quantitative estimate of drug-likeness (QED) is 0.874. The van der Waals surface area contributed by atoms with Gasteiger partial charge in [-0.25, -0.2) is 0 Å². The first kappa shape index (κ1) is 16.7. The van der Waals surface area contributed by atoms with Crippen molar-refractivity contribution in [3.05, 3.63) is 41.0 Å². The minimum atomic E-state index is 0.383. The number of rotatable bonds is 5. The molecule has 0 radical (unpaired) electrons. The summed E-state index contributed by atoms with van der Waals surface area (Å²) in [7, 11) is 2.19. The van der Waals surface area contributed by atoms with Crippen LogP contribution in [-0.2, 0) is 19.4 Å². The molecule has 1 unspecified atom stereocenters. The number of fused-ring (bicyclic) bond motifs is 1. The van der Waals surface area contributed by atoms with Gasteiger partial charge in [-0.15, -0.1) is 5.10 Å². The van der Waals surface area contributed by atoms with Crippen LogP contribution in [0, 0.1) is 5.92 Å². The predicted molar refractivity (Wildman–Crippen MR) is 97.1 cm³/mol. The number of nitrogens with zero attached hydrogens (tertiary/aromatic N) is 4. The lowest BCUT2D eigenvalue weighted by Crippen LogP contribution is -2.30. The van der Waals surface area contributed by atoms with E-state index in [2.05, 4.69) is 49.8 Å². The summed E-state index contributed by atoms with van der Waals surface area (Å²) in [4.78, 5) is 7.07. The van der Waals surface area contributed by atoms with Crippen LogP contribution in [0.3, 0.4) is 0 Å². The monoisotopic (exact) mass is 340 g/mol. The molecule has 1 aliphatic carbocycles. The topological polar surface area (TPSA) is 69.7 Å². The summed E-state index contributed by atoms with van der Waals surface area (Å²) in [6.45, 7) is 3.09. The van der Waals surface area contributed by atoms with Crippen molar-refractivity contribution < 1.29 is 0 Å². The third-order valence-corrected chi connectivity index (χ3v) is 5.75. The molecular formula is C19H28N6. The molecule has 1 fully saturated rings. The lowest BCUT2D eigenvalue weighted by molar-refractivity contribution is 0.205. The molecule has 0 amide bonds. The Bertz CT molecular complexity index is 691. The largest absolute Gasteiger partial charge is 0.317 e. The molecule has 2 aromatic rings. The van der Waals surface area contributed by atoms with Crippen molar-refractivity contribution in [1.29, 1.82) is 0 Å². The molecule has 1 aliphatic heterocycles. The standard InChI is InChI=1S/C19H28N6/c1-25(18-6-2-4-15-5-3-9-21-19(15)18)13-17-16(22-24-23-17)12-14-7-10-20-11-8-14/h3,5,9,14,18,20H,2,4,6-8,10-13H2,1H3,(H,22,23,24). The molecule has 6 nitrogen and oxygen atoms in total. The number of aryl methyl sites for hydroxylation is 1. The van der Waals surface area contributed by atoms with E-state index in [1.54, 1.807) is 0 Å². The summed E-state index contributed by atoms with van der Waals surface area (Å²) in [6, 6.07) is 4.66. The molecule has 0 bridgehead atoms. The van der Waals surface area contributed by atoms with Gasteiger partial charge in [0.05, 0.1) is 23.1 Å². The smallest absolute Gasteiger partial charge is 0.0996 e. The van der Waals surface area contributed by atoms with E-state index in [-0.39, 0.29) is 0 Å². The van der Waals surface area contributed by atoms with Gasteiger partial charge in [0.15, 0.2) is 0 Å². The highest BCUT2D eigenvalue weighted by Crippen LogP contribution is 2.32. The second kappa shape index (κ2) is 7.62. The molecule has 2 aliphatic rings. The van der Waals surface area contributed by atoms with E-state index in [9.17, 15) is 0 Å². The van der Waals surface area contributed by atoms with Crippen molar-refractivity contribution in [3.8, 4) is 0 Å². The van der Waals surface area contributed by atoms with Crippen molar-refractivity contribution >= 4 is 0 Å². The van der Waals surface area contributed by atoms with E-state index in [4.69, 9.17) is 0 Å². The maximum Gasteiger partial charge on any atom is 0.0996 e. The molecule has 1 atom stereocenters. The minimum Gasteiger partial charge on any atom is -0.317 e. The highest BCUT2D eigenvalue weighted by molar-refractivity contribution is 5.25. The Hall–Kier alpha value is -1.79. The highest BCUT2D eigenvalue weighted by Gasteiger charge is 2.26. The summed E-state index contributed by atoms with van der Waals surface area (Å²) in [5, 5.41) is 15.1. The van der Waals surface area contributed by atoms with Gasteiger partial charge in [0.1, 0.15) is 0 Å². The third kappa shape index (κ3) is 3.75. The van der Waals surface area contributed by atoms with Crippen LogP contribution >= 0.6 is 0 Å². The Labute approximate surface area is 149 Å². The molecular weight excluding hydrogens is 312 g/mol. The Kier molecular flexibility index (Phi) is 5.08. The van der Waals surface area contributed by atoms with Crippen LogP contribution in [0.5, 0.6) is 0 Å². The van der Waals surface area contributed by atoms with Crippen molar-refractivity contribution in [2.75, 3.05) is 20.1 Å². The molecule has 0 aromatic carbocycles. The number of hydrogen-bond donors (Lipinski definition) is 2. The molecule has 4 rings (SSSR count). The maximum absolute atomic E-state index is 4.67. The Balaban J connectivity index is 1.45. The Morgan fingerprint density at radius 2 is 2.12 bits per heavy atom. The normalized spacial score (nSPS) is 21.4. The van der Waals surface area contributed by atoms with Crippen LogP contribution in [-0.4, -0.2) is 45.4 Å².